The first-order valence-corrected chi connectivity index (χ1v) is 9.97. The first kappa shape index (κ1) is 21.9. The zero-order chi connectivity index (χ0) is 17.6. The van der Waals surface area contributed by atoms with Gasteiger partial charge in [-0.25, -0.2) is 8.42 Å². The second kappa shape index (κ2) is 10.1. The number of benzene rings is 1. The summed E-state index contributed by atoms with van der Waals surface area (Å²) in [6, 6.07) is 8.06. The number of nitrogens with zero attached hydrogens (tertiary/aromatic N) is 1. The third-order valence-electron chi connectivity index (χ3n) is 4.46. The zero-order valence-corrected chi connectivity index (χ0v) is 16.2. The van der Waals surface area contributed by atoms with E-state index in [2.05, 4.69) is 5.32 Å². The highest BCUT2D eigenvalue weighted by molar-refractivity contribution is 7.89. The van der Waals surface area contributed by atoms with Gasteiger partial charge in [-0.3, -0.25) is 4.79 Å². The number of amides is 1. The summed E-state index contributed by atoms with van der Waals surface area (Å²) in [4.78, 5) is 12.2. The van der Waals surface area contributed by atoms with Crippen LogP contribution in [-0.4, -0.2) is 44.3 Å². The van der Waals surface area contributed by atoms with Gasteiger partial charge in [-0.15, -0.1) is 12.4 Å². The Morgan fingerprint density at radius 1 is 1.28 bits per heavy atom. The Bertz CT molecular complexity index is 632. The highest BCUT2D eigenvalue weighted by atomic mass is 35.5. The molecule has 1 unspecified atom stereocenters. The van der Waals surface area contributed by atoms with Crippen LogP contribution in [0.5, 0.6) is 0 Å². The molecule has 1 heterocycles. The number of sulfonamides is 1. The largest absolute Gasteiger partial charge is 0.354 e. The lowest BCUT2D eigenvalue weighted by molar-refractivity contribution is -0.122. The summed E-state index contributed by atoms with van der Waals surface area (Å²) in [5.74, 6) is 0.182. The number of halogens is 1. The van der Waals surface area contributed by atoms with Crippen molar-refractivity contribution in [1.82, 2.24) is 9.62 Å². The van der Waals surface area contributed by atoms with E-state index in [9.17, 15) is 13.2 Å². The number of carbonyl (C=O) groups is 1. The van der Waals surface area contributed by atoms with Gasteiger partial charge in [-0.2, -0.15) is 4.31 Å². The van der Waals surface area contributed by atoms with E-state index in [0.717, 1.165) is 19.3 Å². The average Bonchev–Trinajstić information content (AvgIpc) is 2.61. The first-order valence-electron chi connectivity index (χ1n) is 8.53. The van der Waals surface area contributed by atoms with Gasteiger partial charge >= 0.3 is 0 Å². The molecule has 25 heavy (non-hydrogen) atoms. The molecular formula is C17H28ClN3O3S. The number of carbonyl (C=O) groups excluding carboxylic acids is 1. The Morgan fingerprint density at radius 3 is 2.44 bits per heavy atom. The Labute approximate surface area is 156 Å². The van der Waals surface area contributed by atoms with E-state index in [1.54, 1.807) is 30.3 Å². The molecule has 1 saturated heterocycles. The van der Waals surface area contributed by atoms with Gasteiger partial charge in [-0.1, -0.05) is 31.5 Å². The lowest BCUT2D eigenvalue weighted by Gasteiger charge is -2.31. The van der Waals surface area contributed by atoms with Gasteiger partial charge in [-0.05, 0) is 37.3 Å². The van der Waals surface area contributed by atoms with Crippen molar-refractivity contribution in [3.8, 4) is 0 Å². The highest BCUT2D eigenvalue weighted by Crippen LogP contribution is 2.23. The van der Waals surface area contributed by atoms with Crippen LogP contribution in [0.2, 0.25) is 0 Å². The standard InChI is InChI=1S/C17H27N3O3S.ClH/c1-2-6-16(18)17(21)19-13-14-9-11-20(12-10-14)24(22,23)15-7-4-3-5-8-15;/h3-5,7-8,14,16H,2,6,9-13,18H2,1H3,(H,19,21);1H. The van der Waals surface area contributed by atoms with Gasteiger partial charge in [0.1, 0.15) is 0 Å². The fourth-order valence-electron chi connectivity index (χ4n) is 2.91. The number of rotatable bonds is 7. The molecule has 3 N–H and O–H groups in total. The van der Waals surface area contributed by atoms with Crippen LogP contribution < -0.4 is 11.1 Å². The second-order valence-corrected chi connectivity index (χ2v) is 8.24. The quantitative estimate of drug-likeness (QED) is 0.743. The normalized spacial score (nSPS) is 17.5. The van der Waals surface area contributed by atoms with E-state index in [4.69, 9.17) is 5.73 Å². The number of nitrogens with one attached hydrogen (secondary N) is 1. The molecule has 1 aliphatic rings. The maximum absolute atomic E-state index is 12.6. The van der Waals surface area contributed by atoms with Gasteiger partial charge in [0, 0.05) is 19.6 Å². The zero-order valence-electron chi connectivity index (χ0n) is 14.6. The summed E-state index contributed by atoms with van der Waals surface area (Å²) in [5, 5.41) is 2.89. The van der Waals surface area contributed by atoms with E-state index < -0.39 is 16.1 Å². The Balaban J connectivity index is 0.00000312. The summed E-state index contributed by atoms with van der Waals surface area (Å²) < 4.78 is 26.7. The van der Waals surface area contributed by atoms with Crippen molar-refractivity contribution in [2.24, 2.45) is 11.7 Å². The number of hydrogen-bond acceptors (Lipinski definition) is 4. The second-order valence-electron chi connectivity index (χ2n) is 6.30. The van der Waals surface area contributed by atoms with Crippen LogP contribution in [0.15, 0.2) is 35.2 Å². The van der Waals surface area contributed by atoms with Crippen LogP contribution in [0, 0.1) is 5.92 Å². The summed E-state index contributed by atoms with van der Waals surface area (Å²) in [5.41, 5.74) is 5.79. The van der Waals surface area contributed by atoms with Gasteiger partial charge in [0.05, 0.1) is 10.9 Å². The summed E-state index contributed by atoms with van der Waals surface area (Å²) in [7, 11) is -3.41. The molecule has 8 heteroatoms. The number of hydrogen-bond donors (Lipinski definition) is 2. The molecule has 1 aliphatic heterocycles. The van der Waals surface area contributed by atoms with Crippen molar-refractivity contribution in [2.75, 3.05) is 19.6 Å². The minimum Gasteiger partial charge on any atom is -0.354 e. The molecule has 1 amide bonds. The van der Waals surface area contributed by atoms with Crippen molar-refractivity contribution >= 4 is 28.3 Å². The predicted molar refractivity (Wildman–Crippen MR) is 101 cm³/mol. The fourth-order valence-corrected chi connectivity index (χ4v) is 4.40. The van der Waals surface area contributed by atoms with Crippen LogP contribution in [-0.2, 0) is 14.8 Å². The van der Waals surface area contributed by atoms with Crippen LogP contribution >= 0.6 is 12.4 Å². The molecule has 0 bridgehead atoms. The molecule has 1 fully saturated rings. The molecule has 0 radical (unpaired) electrons. The van der Waals surface area contributed by atoms with Crippen LogP contribution in [0.3, 0.4) is 0 Å². The average molecular weight is 390 g/mol. The van der Waals surface area contributed by atoms with Crippen molar-refractivity contribution in [1.29, 1.82) is 0 Å². The van der Waals surface area contributed by atoms with Crippen molar-refractivity contribution in [2.45, 2.75) is 43.5 Å². The molecule has 1 aromatic carbocycles. The van der Waals surface area contributed by atoms with E-state index in [1.165, 1.54) is 4.31 Å². The number of piperidine rings is 1. The summed E-state index contributed by atoms with van der Waals surface area (Å²) in [6.45, 7) is 3.53. The smallest absolute Gasteiger partial charge is 0.243 e. The van der Waals surface area contributed by atoms with Crippen LogP contribution in [0.4, 0.5) is 0 Å². The highest BCUT2D eigenvalue weighted by Gasteiger charge is 2.29. The molecule has 6 nitrogen and oxygen atoms in total. The molecule has 1 aromatic rings. The molecule has 2 rings (SSSR count). The first-order chi connectivity index (χ1) is 11.4. The van der Waals surface area contributed by atoms with E-state index in [1.807, 2.05) is 6.92 Å². The van der Waals surface area contributed by atoms with Gasteiger partial charge in [0.25, 0.3) is 0 Å². The fraction of sp³-hybridized carbons (Fsp3) is 0.588. The molecule has 1 atom stereocenters. The minimum absolute atomic E-state index is 0. The predicted octanol–water partition coefficient (Wildman–Crippen LogP) is 1.75. The van der Waals surface area contributed by atoms with Crippen molar-refractivity contribution < 1.29 is 13.2 Å². The lowest BCUT2D eigenvalue weighted by atomic mass is 9.98. The van der Waals surface area contributed by atoms with Crippen LogP contribution in [0.25, 0.3) is 0 Å². The topological polar surface area (TPSA) is 92.5 Å². The van der Waals surface area contributed by atoms with Crippen molar-refractivity contribution in [3.05, 3.63) is 30.3 Å². The summed E-state index contributed by atoms with van der Waals surface area (Å²) in [6.07, 6.45) is 3.05. The Morgan fingerprint density at radius 2 is 1.88 bits per heavy atom. The monoisotopic (exact) mass is 389 g/mol. The Hall–Kier alpha value is -1.15. The molecule has 0 aliphatic carbocycles. The number of nitrogens with two attached hydrogens (primary N) is 1. The molecule has 0 spiro atoms. The minimum atomic E-state index is -3.41. The maximum atomic E-state index is 12.6. The van der Waals surface area contributed by atoms with E-state index in [0.29, 0.717) is 36.9 Å². The molecular weight excluding hydrogens is 362 g/mol. The Kier molecular flexibility index (Phi) is 8.85. The SMILES string of the molecule is CCCC(N)C(=O)NCC1CCN(S(=O)(=O)c2ccccc2)CC1.Cl. The van der Waals surface area contributed by atoms with Crippen molar-refractivity contribution in [3.63, 3.8) is 0 Å². The maximum Gasteiger partial charge on any atom is 0.243 e. The van der Waals surface area contributed by atoms with Gasteiger partial charge in [0.2, 0.25) is 15.9 Å². The molecule has 0 aromatic heterocycles. The third-order valence-corrected chi connectivity index (χ3v) is 6.37. The lowest BCUT2D eigenvalue weighted by Crippen LogP contribution is -2.45. The van der Waals surface area contributed by atoms with Gasteiger partial charge < -0.3 is 11.1 Å². The van der Waals surface area contributed by atoms with Gasteiger partial charge in [0.15, 0.2) is 0 Å². The van der Waals surface area contributed by atoms with E-state index >= 15 is 0 Å². The van der Waals surface area contributed by atoms with Crippen LogP contribution in [0.1, 0.15) is 32.6 Å². The molecule has 142 valence electrons. The third kappa shape index (κ3) is 5.95. The van der Waals surface area contributed by atoms with E-state index in [-0.39, 0.29) is 18.3 Å². The summed E-state index contributed by atoms with van der Waals surface area (Å²) >= 11 is 0. The molecule has 0 saturated carbocycles.